The van der Waals surface area contributed by atoms with Crippen molar-refractivity contribution in [3.63, 3.8) is 0 Å². The maximum absolute atomic E-state index is 13.6. The minimum atomic E-state index is -0.0814. The van der Waals surface area contributed by atoms with E-state index < -0.39 is 0 Å². The Morgan fingerprint density at radius 1 is 1.10 bits per heavy atom. The first-order chi connectivity index (χ1) is 14.6. The molecule has 30 heavy (non-hydrogen) atoms. The fraction of sp³-hybridized carbons (Fsp3) is 0.217. The van der Waals surface area contributed by atoms with Crippen molar-refractivity contribution < 1.29 is 4.79 Å². The molecule has 5 rings (SSSR count). The Balaban J connectivity index is 1.56. The second-order valence-corrected chi connectivity index (χ2v) is 7.65. The third kappa shape index (κ3) is 2.99. The van der Waals surface area contributed by atoms with Gasteiger partial charge in [-0.1, -0.05) is 36.4 Å². The highest BCUT2D eigenvalue weighted by Crippen LogP contribution is 2.32. The minimum Gasteiger partial charge on any atom is -0.364 e. The second kappa shape index (κ2) is 7.26. The zero-order valence-electron chi connectivity index (χ0n) is 16.8. The average molecular weight is 398 g/mol. The van der Waals surface area contributed by atoms with E-state index in [1.807, 2.05) is 54.3 Å². The van der Waals surface area contributed by atoms with Crippen LogP contribution in [0.5, 0.6) is 0 Å². The molecule has 3 heterocycles. The Kier molecular flexibility index (Phi) is 4.43. The number of hydrogen-bond donors (Lipinski definition) is 2. The Labute approximate surface area is 174 Å². The largest absolute Gasteiger partial charge is 0.364 e. The van der Waals surface area contributed by atoms with Crippen LogP contribution in [0.25, 0.3) is 11.2 Å². The molecule has 2 aromatic carbocycles. The lowest BCUT2D eigenvalue weighted by atomic mass is 9.87. The Morgan fingerprint density at radius 2 is 1.93 bits per heavy atom. The molecule has 7 nitrogen and oxygen atoms in total. The van der Waals surface area contributed by atoms with E-state index in [0.29, 0.717) is 11.5 Å². The summed E-state index contributed by atoms with van der Waals surface area (Å²) < 4.78 is 0. The number of hydrogen-bond acceptors (Lipinski definition) is 5. The van der Waals surface area contributed by atoms with E-state index in [0.717, 1.165) is 34.3 Å². The van der Waals surface area contributed by atoms with Gasteiger partial charge < -0.3 is 15.2 Å². The number of anilines is 2. The number of aromatic nitrogens is 4. The number of benzene rings is 2. The van der Waals surface area contributed by atoms with E-state index in [1.54, 1.807) is 6.33 Å². The summed E-state index contributed by atoms with van der Waals surface area (Å²) >= 11 is 0. The van der Waals surface area contributed by atoms with Gasteiger partial charge in [-0.15, -0.1) is 0 Å². The molecule has 2 unspecified atom stereocenters. The maximum Gasteiger partial charge on any atom is 0.259 e. The average Bonchev–Trinajstić information content (AvgIpc) is 3.24. The predicted octanol–water partition coefficient (Wildman–Crippen LogP) is 3.73. The maximum atomic E-state index is 13.6. The number of amides is 1. The van der Waals surface area contributed by atoms with Crippen LogP contribution < -0.4 is 10.2 Å². The standard InChI is InChI=1S/C23H22N6O/c1-14-7-6-8-16-11-18(29(23(30)19(14)16)17-9-4-3-5-10-17)15(2)28-22-20-21(25-12-24-20)26-13-27-22/h3-10,12-13,15,18H,11H2,1-2H3,(H2,24,25,26,27,28). The van der Waals surface area contributed by atoms with Gasteiger partial charge in [0.15, 0.2) is 11.5 Å². The molecular weight excluding hydrogens is 376 g/mol. The Hall–Kier alpha value is -3.74. The Morgan fingerprint density at radius 3 is 2.77 bits per heavy atom. The van der Waals surface area contributed by atoms with Gasteiger partial charge >= 0.3 is 0 Å². The van der Waals surface area contributed by atoms with Gasteiger partial charge in [-0.3, -0.25) is 4.79 Å². The van der Waals surface area contributed by atoms with Gasteiger partial charge in [0.1, 0.15) is 11.8 Å². The van der Waals surface area contributed by atoms with Crippen LogP contribution in [-0.2, 0) is 6.42 Å². The third-order valence-electron chi connectivity index (χ3n) is 5.75. The highest BCUT2D eigenvalue weighted by molar-refractivity contribution is 6.09. The monoisotopic (exact) mass is 398 g/mol. The SMILES string of the molecule is Cc1cccc2c1C(=O)N(c1ccccc1)C(C(C)Nc1ncnc3nc[nH]c13)C2. The molecule has 2 atom stereocenters. The first-order valence-corrected chi connectivity index (χ1v) is 10.0. The van der Waals surface area contributed by atoms with Gasteiger partial charge in [0, 0.05) is 17.3 Å². The van der Waals surface area contributed by atoms with Crippen LogP contribution in [0.15, 0.2) is 61.2 Å². The molecule has 0 bridgehead atoms. The van der Waals surface area contributed by atoms with Crippen molar-refractivity contribution in [2.75, 3.05) is 10.2 Å². The first kappa shape index (κ1) is 18.3. The van der Waals surface area contributed by atoms with Crippen molar-refractivity contribution in [1.29, 1.82) is 0 Å². The number of aromatic amines is 1. The number of fused-ring (bicyclic) bond motifs is 2. The van der Waals surface area contributed by atoms with E-state index in [1.165, 1.54) is 6.33 Å². The van der Waals surface area contributed by atoms with Crippen molar-refractivity contribution in [3.8, 4) is 0 Å². The molecule has 1 amide bonds. The lowest BCUT2D eigenvalue weighted by Gasteiger charge is -2.40. The van der Waals surface area contributed by atoms with Crippen LogP contribution in [0.3, 0.4) is 0 Å². The summed E-state index contributed by atoms with van der Waals surface area (Å²) in [6, 6.07) is 15.8. The van der Waals surface area contributed by atoms with Crippen LogP contribution in [0.4, 0.5) is 11.5 Å². The Bertz CT molecular complexity index is 1220. The fourth-order valence-corrected chi connectivity index (χ4v) is 4.28. The molecule has 150 valence electrons. The van der Waals surface area contributed by atoms with Crippen LogP contribution in [0.1, 0.15) is 28.4 Å². The summed E-state index contributed by atoms with van der Waals surface area (Å²) in [5.41, 5.74) is 5.16. The topological polar surface area (TPSA) is 86.8 Å². The number of aryl methyl sites for hydroxylation is 1. The molecule has 0 saturated carbocycles. The number of imidazole rings is 1. The number of para-hydroxylation sites is 1. The molecule has 0 fully saturated rings. The zero-order valence-corrected chi connectivity index (χ0v) is 16.8. The summed E-state index contributed by atoms with van der Waals surface area (Å²) in [7, 11) is 0. The van der Waals surface area contributed by atoms with E-state index in [4.69, 9.17) is 0 Å². The van der Waals surface area contributed by atoms with Crippen LogP contribution in [0, 0.1) is 6.92 Å². The van der Waals surface area contributed by atoms with E-state index >= 15 is 0 Å². The summed E-state index contributed by atoms with van der Waals surface area (Å²) in [4.78, 5) is 31.4. The quantitative estimate of drug-likeness (QED) is 0.547. The van der Waals surface area contributed by atoms with Gasteiger partial charge in [-0.2, -0.15) is 0 Å². The molecule has 1 aliphatic heterocycles. The number of rotatable bonds is 4. The summed E-state index contributed by atoms with van der Waals surface area (Å²) in [5, 5.41) is 3.49. The number of H-pyrrole nitrogens is 1. The number of nitrogens with one attached hydrogen (secondary N) is 2. The van der Waals surface area contributed by atoms with Crippen molar-refractivity contribution in [2.45, 2.75) is 32.4 Å². The molecule has 0 spiro atoms. The van der Waals surface area contributed by atoms with Gasteiger partial charge in [0.2, 0.25) is 0 Å². The molecule has 0 radical (unpaired) electrons. The molecule has 7 heteroatoms. The van der Waals surface area contributed by atoms with E-state index in [2.05, 4.69) is 38.2 Å². The van der Waals surface area contributed by atoms with Gasteiger partial charge in [-0.25, -0.2) is 15.0 Å². The molecular formula is C23H22N6O. The predicted molar refractivity (Wildman–Crippen MR) is 117 cm³/mol. The third-order valence-corrected chi connectivity index (χ3v) is 5.75. The van der Waals surface area contributed by atoms with Crippen molar-refractivity contribution in [1.82, 2.24) is 19.9 Å². The second-order valence-electron chi connectivity index (χ2n) is 7.65. The molecule has 1 aliphatic rings. The zero-order chi connectivity index (χ0) is 20.7. The van der Waals surface area contributed by atoms with Gasteiger partial charge in [-0.05, 0) is 43.5 Å². The molecule has 4 aromatic rings. The van der Waals surface area contributed by atoms with E-state index in [-0.39, 0.29) is 18.0 Å². The summed E-state index contributed by atoms with van der Waals surface area (Å²) in [5.74, 6) is 0.717. The van der Waals surface area contributed by atoms with Crippen LogP contribution in [0.2, 0.25) is 0 Å². The van der Waals surface area contributed by atoms with Crippen molar-refractivity contribution in [2.24, 2.45) is 0 Å². The lowest BCUT2D eigenvalue weighted by molar-refractivity contribution is 0.0964. The van der Waals surface area contributed by atoms with Crippen molar-refractivity contribution >= 4 is 28.6 Å². The number of nitrogens with zero attached hydrogens (tertiary/aromatic N) is 4. The smallest absolute Gasteiger partial charge is 0.259 e. The van der Waals surface area contributed by atoms with Gasteiger partial charge in [0.05, 0.1) is 12.4 Å². The van der Waals surface area contributed by atoms with E-state index in [9.17, 15) is 4.79 Å². The van der Waals surface area contributed by atoms with Crippen LogP contribution in [-0.4, -0.2) is 37.9 Å². The molecule has 2 N–H and O–H groups in total. The fourth-order valence-electron chi connectivity index (χ4n) is 4.28. The number of carbonyl (C=O) groups is 1. The minimum absolute atomic E-state index is 0.0357. The van der Waals surface area contributed by atoms with Crippen molar-refractivity contribution in [3.05, 3.63) is 77.9 Å². The first-order valence-electron chi connectivity index (χ1n) is 10.0. The number of carbonyl (C=O) groups excluding carboxylic acids is 1. The lowest BCUT2D eigenvalue weighted by Crippen LogP contribution is -2.53. The van der Waals surface area contributed by atoms with Gasteiger partial charge in [0.25, 0.3) is 5.91 Å². The normalized spacial score (nSPS) is 17.1. The highest BCUT2D eigenvalue weighted by atomic mass is 16.2. The summed E-state index contributed by atoms with van der Waals surface area (Å²) in [6.07, 6.45) is 3.86. The summed E-state index contributed by atoms with van der Waals surface area (Å²) in [6.45, 7) is 4.08. The molecule has 0 aliphatic carbocycles. The van der Waals surface area contributed by atoms with Crippen LogP contribution >= 0.6 is 0 Å². The molecule has 2 aromatic heterocycles. The highest BCUT2D eigenvalue weighted by Gasteiger charge is 2.37. The molecule has 0 saturated heterocycles.